The van der Waals surface area contributed by atoms with Gasteiger partial charge in [0.1, 0.15) is 5.75 Å². The maximum atomic E-state index is 12.2. The van der Waals surface area contributed by atoms with Gasteiger partial charge in [-0.1, -0.05) is 41.9 Å². The zero-order chi connectivity index (χ0) is 19.9. The number of carbonyl (C=O) groups is 1. The third-order valence-corrected chi connectivity index (χ3v) is 4.95. The van der Waals surface area contributed by atoms with Crippen LogP contribution in [0.5, 0.6) is 5.75 Å². The second-order valence-electron chi connectivity index (χ2n) is 6.54. The van der Waals surface area contributed by atoms with Gasteiger partial charge in [0, 0.05) is 25.2 Å². The number of para-hydroxylation sites is 2. The number of benzene rings is 2. The van der Waals surface area contributed by atoms with Gasteiger partial charge in [0.2, 0.25) is 0 Å². The van der Waals surface area contributed by atoms with Gasteiger partial charge >= 0.3 is 0 Å². The van der Waals surface area contributed by atoms with Crippen molar-refractivity contribution in [3.8, 4) is 5.75 Å². The summed E-state index contributed by atoms with van der Waals surface area (Å²) in [5.41, 5.74) is 1.84. The van der Waals surface area contributed by atoms with Crippen LogP contribution in [-0.4, -0.2) is 38.6 Å². The molecule has 0 bridgehead atoms. The Balaban J connectivity index is 0.00000300. The smallest absolute Gasteiger partial charge is 0.265 e. The van der Waals surface area contributed by atoms with Crippen molar-refractivity contribution in [2.75, 3.05) is 31.6 Å². The lowest BCUT2D eigenvalue weighted by molar-refractivity contribution is -0.121. The van der Waals surface area contributed by atoms with Crippen LogP contribution >= 0.6 is 35.6 Å². The van der Waals surface area contributed by atoms with Crippen molar-refractivity contribution in [2.45, 2.75) is 19.4 Å². The summed E-state index contributed by atoms with van der Waals surface area (Å²) >= 11 is 6.27. The first-order valence-corrected chi connectivity index (χ1v) is 9.71. The monoisotopic (exact) mass is 528 g/mol. The molecule has 3 rings (SSSR count). The molecule has 1 heterocycles. The van der Waals surface area contributed by atoms with Gasteiger partial charge < -0.3 is 20.3 Å². The lowest BCUT2D eigenvalue weighted by Crippen LogP contribution is -2.42. The number of hydrogen-bond donors (Lipinski definition) is 2. The van der Waals surface area contributed by atoms with E-state index in [1.54, 1.807) is 11.9 Å². The molecule has 29 heavy (non-hydrogen) atoms. The molecule has 0 spiro atoms. The number of rotatable bonds is 6. The van der Waals surface area contributed by atoms with Crippen LogP contribution < -0.4 is 20.3 Å². The van der Waals surface area contributed by atoms with Crippen molar-refractivity contribution >= 4 is 53.1 Å². The van der Waals surface area contributed by atoms with Crippen LogP contribution in [0.3, 0.4) is 0 Å². The number of ether oxygens (including phenoxy) is 1. The molecule has 1 unspecified atom stereocenters. The van der Waals surface area contributed by atoms with Crippen LogP contribution in [0.4, 0.5) is 5.69 Å². The average molecular weight is 529 g/mol. The van der Waals surface area contributed by atoms with Gasteiger partial charge in [0.05, 0.1) is 11.7 Å². The van der Waals surface area contributed by atoms with Crippen LogP contribution in [0.15, 0.2) is 53.5 Å². The fraction of sp³-hybridized carbons (Fsp3) is 0.333. The van der Waals surface area contributed by atoms with E-state index in [9.17, 15) is 4.79 Å². The van der Waals surface area contributed by atoms with E-state index in [0.717, 1.165) is 28.4 Å². The molecule has 2 aromatic carbocycles. The highest BCUT2D eigenvalue weighted by molar-refractivity contribution is 14.0. The Morgan fingerprint density at radius 2 is 1.97 bits per heavy atom. The maximum Gasteiger partial charge on any atom is 0.265 e. The fourth-order valence-electron chi connectivity index (χ4n) is 3.15. The third-order valence-electron chi connectivity index (χ3n) is 4.61. The number of carbonyl (C=O) groups excluding carboxylic acids is 1. The summed E-state index contributed by atoms with van der Waals surface area (Å²) in [6, 6.07) is 15.4. The quantitative estimate of drug-likeness (QED) is 0.257. The minimum Gasteiger partial charge on any atom is -0.482 e. The highest BCUT2D eigenvalue weighted by Crippen LogP contribution is 2.31. The normalized spacial score (nSPS) is 14.4. The van der Waals surface area contributed by atoms with Gasteiger partial charge in [-0.15, -0.1) is 24.0 Å². The van der Waals surface area contributed by atoms with Crippen molar-refractivity contribution in [1.29, 1.82) is 0 Å². The summed E-state index contributed by atoms with van der Waals surface area (Å²) in [7, 11) is 1.73. The topological polar surface area (TPSA) is 66.0 Å². The zero-order valence-corrected chi connectivity index (χ0v) is 19.6. The van der Waals surface area contributed by atoms with E-state index >= 15 is 0 Å². The lowest BCUT2D eigenvalue weighted by atomic mass is 10.1. The molecule has 8 heteroatoms. The van der Waals surface area contributed by atoms with Crippen LogP contribution in [0.1, 0.15) is 24.9 Å². The number of anilines is 1. The number of amides is 1. The number of nitrogens with one attached hydrogen (secondary N) is 2. The number of halogens is 2. The summed E-state index contributed by atoms with van der Waals surface area (Å²) < 4.78 is 5.48. The molecule has 1 atom stereocenters. The number of fused-ring (bicyclic) bond motifs is 1. The molecule has 0 radical (unpaired) electrons. The summed E-state index contributed by atoms with van der Waals surface area (Å²) in [5.74, 6) is 1.43. The molecule has 0 aromatic heterocycles. The van der Waals surface area contributed by atoms with Crippen molar-refractivity contribution in [3.63, 3.8) is 0 Å². The molecule has 2 N–H and O–H groups in total. The van der Waals surface area contributed by atoms with Crippen molar-refractivity contribution in [3.05, 3.63) is 59.1 Å². The Morgan fingerprint density at radius 1 is 1.24 bits per heavy atom. The third kappa shape index (κ3) is 5.99. The highest BCUT2D eigenvalue weighted by atomic mass is 127. The van der Waals surface area contributed by atoms with E-state index in [1.807, 2.05) is 55.5 Å². The predicted molar refractivity (Wildman–Crippen MR) is 129 cm³/mol. The van der Waals surface area contributed by atoms with Gasteiger partial charge in [0.25, 0.3) is 5.91 Å². The molecule has 1 amide bonds. The summed E-state index contributed by atoms with van der Waals surface area (Å²) in [4.78, 5) is 18.3. The lowest BCUT2D eigenvalue weighted by Gasteiger charge is -2.29. The summed E-state index contributed by atoms with van der Waals surface area (Å²) in [6.07, 6.45) is 0.779. The Labute approximate surface area is 193 Å². The summed E-state index contributed by atoms with van der Waals surface area (Å²) in [6.45, 7) is 3.42. The Bertz CT molecular complexity index is 862. The van der Waals surface area contributed by atoms with E-state index in [-0.39, 0.29) is 42.5 Å². The molecular formula is C21H26ClIN4O2. The Morgan fingerprint density at radius 3 is 2.72 bits per heavy atom. The standard InChI is InChI=1S/C21H25ClN4O2.HI/c1-15(16-8-3-4-9-17(16)22)25-21(23-2)24-12-7-13-26-18-10-5-6-11-19(18)28-14-20(26)27;/h3-6,8-11,15H,7,12-14H2,1-2H3,(H2,23,24,25);1H. The van der Waals surface area contributed by atoms with E-state index in [2.05, 4.69) is 15.6 Å². The fourth-order valence-corrected chi connectivity index (χ4v) is 3.45. The molecule has 1 aliphatic heterocycles. The van der Waals surface area contributed by atoms with Gasteiger partial charge in [-0.05, 0) is 37.1 Å². The zero-order valence-electron chi connectivity index (χ0n) is 16.5. The molecular weight excluding hydrogens is 503 g/mol. The first-order valence-electron chi connectivity index (χ1n) is 9.34. The number of aliphatic imine (C=N–C) groups is 1. The van der Waals surface area contributed by atoms with E-state index in [0.29, 0.717) is 19.0 Å². The van der Waals surface area contributed by atoms with Gasteiger partial charge in [0.15, 0.2) is 12.6 Å². The van der Waals surface area contributed by atoms with Crippen LogP contribution in [0.2, 0.25) is 5.02 Å². The number of hydrogen-bond acceptors (Lipinski definition) is 3. The predicted octanol–water partition coefficient (Wildman–Crippen LogP) is 4.00. The van der Waals surface area contributed by atoms with E-state index < -0.39 is 0 Å². The Kier molecular flexibility index (Phi) is 9.03. The van der Waals surface area contributed by atoms with E-state index in [1.165, 1.54) is 0 Å². The summed E-state index contributed by atoms with van der Waals surface area (Å²) in [5, 5.41) is 7.36. The largest absolute Gasteiger partial charge is 0.482 e. The second-order valence-corrected chi connectivity index (χ2v) is 6.95. The maximum absolute atomic E-state index is 12.2. The van der Waals surface area contributed by atoms with Gasteiger partial charge in [-0.2, -0.15) is 0 Å². The van der Waals surface area contributed by atoms with Crippen LogP contribution in [-0.2, 0) is 4.79 Å². The van der Waals surface area contributed by atoms with Crippen molar-refractivity contribution < 1.29 is 9.53 Å². The molecule has 6 nitrogen and oxygen atoms in total. The van der Waals surface area contributed by atoms with Crippen molar-refractivity contribution in [2.24, 2.45) is 4.99 Å². The molecule has 0 aliphatic carbocycles. The van der Waals surface area contributed by atoms with Crippen LogP contribution in [0.25, 0.3) is 0 Å². The van der Waals surface area contributed by atoms with Crippen molar-refractivity contribution in [1.82, 2.24) is 10.6 Å². The second kappa shape index (κ2) is 11.3. The molecule has 156 valence electrons. The number of guanidine groups is 1. The minimum atomic E-state index is -0.0199. The van der Waals surface area contributed by atoms with Gasteiger partial charge in [-0.25, -0.2) is 0 Å². The first-order chi connectivity index (χ1) is 13.6. The SMILES string of the molecule is CN=C(NCCCN1C(=O)COc2ccccc21)NC(C)c1ccccc1Cl.I. The Hall–Kier alpha value is -2.00. The highest BCUT2D eigenvalue weighted by Gasteiger charge is 2.24. The molecule has 2 aromatic rings. The molecule has 0 saturated carbocycles. The van der Waals surface area contributed by atoms with E-state index in [4.69, 9.17) is 16.3 Å². The van der Waals surface area contributed by atoms with Gasteiger partial charge in [-0.3, -0.25) is 9.79 Å². The molecule has 0 saturated heterocycles. The molecule has 0 fully saturated rings. The minimum absolute atomic E-state index is 0. The number of nitrogens with zero attached hydrogens (tertiary/aromatic N) is 2. The first kappa shape index (κ1) is 23.3. The van der Waals surface area contributed by atoms with Crippen LogP contribution in [0, 0.1) is 0 Å². The molecule has 1 aliphatic rings. The average Bonchev–Trinajstić information content (AvgIpc) is 2.71.